The zero-order valence-electron chi connectivity index (χ0n) is 12.6. The molecule has 0 saturated heterocycles. The first-order valence-corrected chi connectivity index (χ1v) is 7.87. The monoisotopic (exact) mass is 349 g/mol. The van der Waals surface area contributed by atoms with Gasteiger partial charge in [-0.25, -0.2) is 4.79 Å². The van der Waals surface area contributed by atoms with Crippen LogP contribution in [0, 0.1) is 0 Å². The predicted octanol–water partition coefficient (Wildman–Crippen LogP) is 5.75. The minimum absolute atomic E-state index is 0.243. The third kappa shape index (κ3) is 4.75. The van der Waals surface area contributed by atoms with Crippen LogP contribution < -0.4 is 0 Å². The molecule has 23 heavy (non-hydrogen) atoms. The highest BCUT2D eigenvalue weighted by Crippen LogP contribution is 2.26. The lowest BCUT2D eigenvalue weighted by Crippen LogP contribution is -2.29. The predicted molar refractivity (Wildman–Crippen MR) is 95.1 cm³/mol. The maximum absolute atomic E-state index is 11.3. The van der Waals surface area contributed by atoms with Crippen molar-refractivity contribution in [1.82, 2.24) is 4.90 Å². The second-order valence-corrected chi connectivity index (χ2v) is 5.95. The smallest absolute Gasteiger partial charge is 0.407 e. The Bertz CT molecular complexity index is 701. The number of rotatable bonds is 5. The fraction of sp³-hybridized carbons (Fsp3) is 0.167. The Morgan fingerprint density at radius 1 is 1.17 bits per heavy atom. The van der Waals surface area contributed by atoms with E-state index in [4.69, 9.17) is 23.2 Å². The van der Waals surface area contributed by atoms with Crippen LogP contribution in [-0.4, -0.2) is 23.1 Å². The van der Waals surface area contributed by atoms with Gasteiger partial charge in [-0.15, -0.1) is 0 Å². The molecule has 5 heteroatoms. The lowest BCUT2D eigenvalue weighted by atomic mass is 10.0. The largest absolute Gasteiger partial charge is 0.465 e. The summed E-state index contributed by atoms with van der Waals surface area (Å²) in [7, 11) is 1.58. The maximum atomic E-state index is 11.3. The molecule has 0 aliphatic heterocycles. The number of carbonyl (C=O) groups is 1. The van der Waals surface area contributed by atoms with Gasteiger partial charge in [-0.3, -0.25) is 0 Å². The van der Waals surface area contributed by atoms with Crippen LogP contribution in [-0.2, 0) is 0 Å². The Balaban J connectivity index is 2.16. The summed E-state index contributed by atoms with van der Waals surface area (Å²) in [6.45, 7) is 0. The highest BCUT2D eigenvalue weighted by atomic mass is 35.5. The van der Waals surface area contributed by atoms with Crippen molar-refractivity contribution in [3.8, 4) is 0 Å². The normalized spacial score (nSPS) is 12.3. The Labute approximate surface area is 145 Å². The maximum Gasteiger partial charge on any atom is 0.407 e. The topological polar surface area (TPSA) is 40.5 Å². The molecule has 3 nitrogen and oxygen atoms in total. The third-order valence-corrected chi connectivity index (χ3v) is 4.31. The van der Waals surface area contributed by atoms with E-state index in [0.29, 0.717) is 16.5 Å². The molecule has 120 valence electrons. The van der Waals surface area contributed by atoms with Crippen molar-refractivity contribution < 1.29 is 9.90 Å². The van der Waals surface area contributed by atoms with Gasteiger partial charge >= 0.3 is 6.09 Å². The van der Waals surface area contributed by atoms with Crippen molar-refractivity contribution in [3.05, 3.63) is 75.8 Å². The Kier molecular flexibility index (Phi) is 6.08. The molecule has 0 aromatic heterocycles. The molecule has 0 aliphatic carbocycles. The molecule has 0 spiro atoms. The van der Waals surface area contributed by atoms with Crippen molar-refractivity contribution in [2.75, 3.05) is 7.05 Å². The van der Waals surface area contributed by atoms with E-state index in [1.54, 1.807) is 19.2 Å². The average Bonchev–Trinajstić information content (AvgIpc) is 2.55. The first-order valence-electron chi connectivity index (χ1n) is 7.11. The van der Waals surface area contributed by atoms with Crippen molar-refractivity contribution >= 4 is 35.4 Å². The molecule has 2 aromatic carbocycles. The zero-order valence-corrected chi connectivity index (χ0v) is 14.1. The number of hydrogen-bond donors (Lipinski definition) is 1. The van der Waals surface area contributed by atoms with Crippen LogP contribution in [0.1, 0.15) is 23.6 Å². The van der Waals surface area contributed by atoms with E-state index in [2.05, 4.69) is 0 Å². The molecule has 0 saturated carbocycles. The van der Waals surface area contributed by atoms with Crippen LogP contribution in [0.25, 0.3) is 6.08 Å². The number of amides is 1. The van der Waals surface area contributed by atoms with Crippen LogP contribution in [0.3, 0.4) is 0 Å². The lowest BCUT2D eigenvalue weighted by molar-refractivity contribution is 0.138. The van der Waals surface area contributed by atoms with Crippen molar-refractivity contribution in [1.29, 1.82) is 0 Å². The van der Waals surface area contributed by atoms with E-state index in [1.165, 1.54) is 4.90 Å². The number of halogens is 2. The highest BCUT2D eigenvalue weighted by Gasteiger charge is 2.19. The minimum Gasteiger partial charge on any atom is -0.465 e. The average molecular weight is 350 g/mol. The lowest BCUT2D eigenvalue weighted by Gasteiger charge is -2.25. The van der Waals surface area contributed by atoms with Crippen LogP contribution in [0.15, 0.2) is 54.6 Å². The summed E-state index contributed by atoms with van der Waals surface area (Å²) in [5.74, 6) is 0. The van der Waals surface area contributed by atoms with Crippen LogP contribution in [0.2, 0.25) is 10.0 Å². The fourth-order valence-corrected chi connectivity index (χ4v) is 2.58. The quantitative estimate of drug-likeness (QED) is 0.746. The number of carboxylic acid groups (broad SMARTS) is 1. The first kappa shape index (κ1) is 17.4. The molecular weight excluding hydrogens is 333 g/mol. The van der Waals surface area contributed by atoms with Crippen molar-refractivity contribution in [2.24, 2.45) is 0 Å². The number of hydrogen-bond acceptors (Lipinski definition) is 1. The van der Waals surface area contributed by atoms with Gasteiger partial charge in [0.1, 0.15) is 0 Å². The molecule has 0 fully saturated rings. The molecule has 0 aliphatic rings. The minimum atomic E-state index is -0.957. The molecule has 2 rings (SSSR count). The van der Waals surface area contributed by atoms with E-state index in [9.17, 15) is 9.90 Å². The highest BCUT2D eigenvalue weighted by molar-refractivity contribution is 6.42. The zero-order chi connectivity index (χ0) is 16.8. The van der Waals surface area contributed by atoms with E-state index in [0.717, 1.165) is 11.1 Å². The summed E-state index contributed by atoms with van der Waals surface area (Å²) in [6.07, 6.45) is 3.46. The summed E-state index contributed by atoms with van der Waals surface area (Å²) in [5, 5.41) is 10.3. The summed E-state index contributed by atoms with van der Waals surface area (Å²) < 4.78 is 0. The van der Waals surface area contributed by atoms with E-state index in [1.807, 2.05) is 48.6 Å². The molecule has 0 heterocycles. The van der Waals surface area contributed by atoms with Gasteiger partial charge in [0, 0.05) is 7.05 Å². The summed E-state index contributed by atoms with van der Waals surface area (Å²) in [5.41, 5.74) is 1.88. The summed E-state index contributed by atoms with van der Waals surface area (Å²) in [6, 6.07) is 14.7. The van der Waals surface area contributed by atoms with Gasteiger partial charge in [0.2, 0.25) is 0 Å². The van der Waals surface area contributed by atoms with E-state index >= 15 is 0 Å². The summed E-state index contributed by atoms with van der Waals surface area (Å²) >= 11 is 11.9. The molecule has 0 bridgehead atoms. The molecular formula is C18H17Cl2NO2. The van der Waals surface area contributed by atoms with Gasteiger partial charge in [0.15, 0.2) is 0 Å². The molecule has 1 N–H and O–H groups in total. The van der Waals surface area contributed by atoms with Gasteiger partial charge < -0.3 is 10.0 Å². The molecule has 1 atom stereocenters. The number of benzene rings is 2. The fourth-order valence-electron chi connectivity index (χ4n) is 2.28. The number of nitrogens with zero attached hydrogens (tertiary/aromatic N) is 1. The molecule has 1 amide bonds. The first-order chi connectivity index (χ1) is 11.0. The van der Waals surface area contributed by atoms with E-state index in [-0.39, 0.29) is 6.04 Å². The molecule has 0 radical (unpaired) electrons. The second kappa shape index (κ2) is 8.04. The van der Waals surface area contributed by atoms with Crippen LogP contribution >= 0.6 is 23.2 Å². The summed E-state index contributed by atoms with van der Waals surface area (Å²) in [4.78, 5) is 12.6. The van der Waals surface area contributed by atoms with Gasteiger partial charge in [-0.1, -0.05) is 71.8 Å². The van der Waals surface area contributed by atoms with Gasteiger partial charge in [0.05, 0.1) is 16.1 Å². The van der Waals surface area contributed by atoms with Crippen LogP contribution in [0.4, 0.5) is 4.79 Å². The van der Waals surface area contributed by atoms with E-state index < -0.39 is 6.09 Å². The van der Waals surface area contributed by atoms with Gasteiger partial charge in [0.25, 0.3) is 0 Å². The Morgan fingerprint density at radius 3 is 2.48 bits per heavy atom. The van der Waals surface area contributed by atoms with Gasteiger partial charge in [-0.2, -0.15) is 0 Å². The Morgan fingerprint density at radius 2 is 1.87 bits per heavy atom. The van der Waals surface area contributed by atoms with Crippen molar-refractivity contribution in [3.63, 3.8) is 0 Å². The molecule has 2 aromatic rings. The molecule has 0 unspecified atom stereocenters. The van der Waals surface area contributed by atoms with Gasteiger partial charge in [-0.05, 0) is 29.7 Å². The Hall–Kier alpha value is -1.97. The SMILES string of the molecule is CN(C(=O)O)[C@@H](C/C=C/c1ccc(Cl)c(Cl)c1)c1ccccc1. The van der Waals surface area contributed by atoms with Crippen molar-refractivity contribution in [2.45, 2.75) is 12.5 Å². The third-order valence-electron chi connectivity index (χ3n) is 3.57. The standard InChI is InChI=1S/C18H17Cl2NO2/c1-21(18(22)23)17(14-7-3-2-4-8-14)9-5-6-13-10-11-15(19)16(20)12-13/h2-8,10-12,17H,9H2,1H3,(H,22,23)/b6-5+/t17-/m0/s1. The second-order valence-electron chi connectivity index (χ2n) is 5.13. The van der Waals surface area contributed by atoms with Crippen LogP contribution in [0.5, 0.6) is 0 Å².